The van der Waals surface area contributed by atoms with Gasteiger partial charge in [-0.05, 0) is 65.5 Å². The number of likely N-dealkylation sites (tertiary alicyclic amines) is 1. The summed E-state index contributed by atoms with van der Waals surface area (Å²) in [6.45, 7) is 12.5. The number of methoxy groups -OCH3 is 2. The number of amides is 1. The Balaban J connectivity index is 1.55. The number of esters is 1. The minimum atomic E-state index is -0.597. The first-order chi connectivity index (χ1) is 17.5. The summed E-state index contributed by atoms with van der Waals surface area (Å²) in [6.07, 6.45) is 4.04. The van der Waals surface area contributed by atoms with Gasteiger partial charge in [-0.1, -0.05) is 0 Å². The highest BCUT2D eigenvalue weighted by atomic mass is 16.6. The molecule has 3 rings (SSSR count). The van der Waals surface area contributed by atoms with Crippen molar-refractivity contribution in [2.24, 2.45) is 5.92 Å². The van der Waals surface area contributed by atoms with Crippen molar-refractivity contribution in [3.05, 3.63) is 23.3 Å². The normalized spacial score (nSPS) is 20.4. The van der Waals surface area contributed by atoms with E-state index in [-0.39, 0.29) is 29.1 Å². The molecule has 0 spiro atoms. The molecule has 206 valence electrons. The van der Waals surface area contributed by atoms with Gasteiger partial charge in [0.05, 0.1) is 25.3 Å². The summed E-state index contributed by atoms with van der Waals surface area (Å²) < 4.78 is 21.9. The second kappa shape index (κ2) is 12.2. The van der Waals surface area contributed by atoms with Crippen molar-refractivity contribution in [2.45, 2.75) is 84.1 Å². The Kier molecular flexibility index (Phi) is 9.45. The Morgan fingerprint density at radius 3 is 2.30 bits per heavy atom. The van der Waals surface area contributed by atoms with Gasteiger partial charge in [-0.15, -0.1) is 0 Å². The molecule has 0 unspecified atom stereocenters. The van der Waals surface area contributed by atoms with E-state index in [2.05, 4.69) is 18.7 Å². The molecule has 1 aliphatic heterocycles. The summed E-state index contributed by atoms with van der Waals surface area (Å²) in [4.78, 5) is 40.4. The topological polar surface area (TPSA) is 94.6 Å². The van der Waals surface area contributed by atoms with Crippen LogP contribution in [0.2, 0.25) is 0 Å². The Labute approximate surface area is 220 Å². The molecule has 1 aromatic rings. The third-order valence-electron chi connectivity index (χ3n) is 7.12. The molecule has 0 bridgehead atoms. The van der Waals surface area contributed by atoms with Crippen LogP contribution in [0.5, 0.6) is 11.5 Å². The number of rotatable bonds is 9. The van der Waals surface area contributed by atoms with Crippen LogP contribution >= 0.6 is 0 Å². The Morgan fingerprint density at radius 1 is 1.14 bits per heavy atom. The van der Waals surface area contributed by atoms with Crippen LogP contribution in [0, 0.1) is 5.92 Å². The highest BCUT2D eigenvalue weighted by Crippen LogP contribution is 2.38. The van der Waals surface area contributed by atoms with Crippen molar-refractivity contribution in [1.29, 1.82) is 0 Å². The lowest BCUT2D eigenvalue weighted by Gasteiger charge is -2.46. The smallest absolute Gasteiger partial charge is 0.410 e. The molecule has 1 amide bonds. The number of benzene rings is 1. The summed E-state index contributed by atoms with van der Waals surface area (Å²) in [5, 5.41) is 0. The number of hydrogen-bond donors (Lipinski definition) is 0. The number of hydrogen-bond acceptors (Lipinski definition) is 8. The lowest BCUT2D eigenvalue weighted by atomic mass is 9.85. The van der Waals surface area contributed by atoms with Gasteiger partial charge in [-0.3, -0.25) is 9.69 Å². The molecule has 37 heavy (non-hydrogen) atoms. The van der Waals surface area contributed by atoms with E-state index in [4.69, 9.17) is 18.9 Å². The minimum Gasteiger partial charge on any atom is -0.492 e. The second-order valence-electron chi connectivity index (χ2n) is 11.2. The molecule has 1 aliphatic carbocycles. The van der Waals surface area contributed by atoms with E-state index < -0.39 is 11.6 Å². The Bertz CT molecular complexity index is 958. The average Bonchev–Trinajstić information content (AvgIpc) is 2.82. The van der Waals surface area contributed by atoms with Crippen LogP contribution < -0.4 is 9.47 Å². The van der Waals surface area contributed by atoms with E-state index in [0.717, 1.165) is 45.3 Å². The molecule has 0 atom stereocenters. The van der Waals surface area contributed by atoms with E-state index in [9.17, 15) is 14.4 Å². The van der Waals surface area contributed by atoms with Crippen LogP contribution in [0.25, 0.3) is 0 Å². The third-order valence-corrected chi connectivity index (χ3v) is 7.12. The van der Waals surface area contributed by atoms with Crippen molar-refractivity contribution in [2.75, 3.05) is 33.9 Å². The SMILES string of the molecule is COC(=O)c1ccc(OC2CC(N(CC3CCN(C(=O)OC(C)(C)C)CC3)C(C)C)C2)c(OC)c1C=O. The average molecular weight is 519 g/mol. The fraction of sp³-hybridized carbons (Fsp3) is 0.679. The van der Waals surface area contributed by atoms with Gasteiger partial charge >= 0.3 is 12.1 Å². The minimum absolute atomic E-state index is 0.00218. The molecule has 0 aromatic heterocycles. The molecule has 0 N–H and O–H groups in total. The van der Waals surface area contributed by atoms with Crippen molar-refractivity contribution >= 4 is 18.3 Å². The second-order valence-corrected chi connectivity index (χ2v) is 11.2. The van der Waals surface area contributed by atoms with E-state index in [1.165, 1.54) is 20.3 Å². The number of nitrogens with zero attached hydrogens (tertiary/aromatic N) is 2. The van der Waals surface area contributed by atoms with Crippen molar-refractivity contribution in [1.82, 2.24) is 9.80 Å². The van der Waals surface area contributed by atoms with E-state index >= 15 is 0 Å². The first-order valence-electron chi connectivity index (χ1n) is 13.1. The van der Waals surface area contributed by atoms with Crippen molar-refractivity contribution in [3.8, 4) is 11.5 Å². The van der Waals surface area contributed by atoms with Gasteiger partial charge in [0.2, 0.25) is 0 Å². The van der Waals surface area contributed by atoms with E-state index in [0.29, 0.717) is 30.0 Å². The van der Waals surface area contributed by atoms with E-state index in [1.54, 1.807) is 6.07 Å². The maximum atomic E-state index is 12.4. The number of carbonyl (C=O) groups is 3. The summed E-state index contributed by atoms with van der Waals surface area (Å²) in [5.41, 5.74) is -0.200. The number of ether oxygens (including phenoxy) is 4. The van der Waals surface area contributed by atoms with Gasteiger partial charge in [-0.25, -0.2) is 9.59 Å². The van der Waals surface area contributed by atoms with Crippen LogP contribution in [0.3, 0.4) is 0 Å². The zero-order chi connectivity index (χ0) is 27.3. The predicted molar refractivity (Wildman–Crippen MR) is 140 cm³/mol. The molecule has 1 saturated heterocycles. The molecule has 2 fully saturated rings. The quantitative estimate of drug-likeness (QED) is 0.347. The van der Waals surface area contributed by atoms with E-state index in [1.807, 2.05) is 25.7 Å². The first-order valence-corrected chi connectivity index (χ1v) is 13.1. The van der Waals surface area contributed by atoms with Crippen LogP contribution in [-0.2, 0) is 9.47 Å². The van der Waals surface area contributed by atoms with Crippen LogP contribution in [0.15, 0.2) is 12.1 Å². The lowest BCUT2D eigenvalue weighted by molar-refractivity contribution is -0.0141. The molecule has 1 aromatic carbocycles. The van der Waals surface area contributed by atoms with Crippen LogP contribution in [-0.4, -0.2) is 85.8 Å². The summed E-state index contributed by atoms with van der Waals surface area (Å²) >= 11 is 0. The zero-order valence-electron chi connectivity index (χ0n) is 23.2. The van der Waals surface area contributed by atoms with Gasteiger partial charge in [0.1, 0.15) is 11.7 Å². The maximum Gasteiger partial charge on any atom is 0.410 e. The van der Waals surface area contributed by atoms with Crippen LogP contribution in [0.4, 0.5) is 4.79 Å². The maximum absolute atomic E-state index is 12.4. The third kappa shape index (κ3) is 7.15. The molecule has 0 radical (unpaired) electrons. The monoisotopic (exact) mass is 518 g/mol. The van der Waals surface area contributed by atoms with Gasteiger partial charge in [-0.2, -0.15) is 0 Å². The fourth-order valence-corrected chi connectivity index (χ4v) is 5.08. The van der Waals surface area contributed by atoms with Gasteiger partial charge in [0, 0.05) is 44.6 Å². The zero-order valence-corrected chi connectivity index (χ0v) is 23.2. The molecular weight excluding hydrogens is 476 g/mol. The fourth-order valence-electron chi connectivity index (χ4n) is 5.08. The van der Waals surface area contributed by atoms with Gasteiger partial charge in [0.25, 0.3) is 0 Å². The van der Waals surface area contributed by atoms with Crippen LogP contribution in [0.1, 0.15) is 81.0 Å². The largest absolute Gasteiger partial charge is 0.492 e. The Morgan fingerprint density at radius 2 is 1.78 bits per heavy atom. The summed E-state index contributed by atoms with van der Waals surface area (Å²) in [6, 6.07) is 3.99. The Hall–Kier alpha value is -2.81. The van der Waals surface area contributed by atoms with Crippen molar-refractivity contribution in [3.63, 3.8) is 0 Å². The highest BCUT2D eigenvalue weighted by Gasteiger charge is 2.38. The lowest BCUT2D eigenvalue weighted by Crippen LogP contribution is -2.54. The summed E-state index contributed by atoms with van der Waals surface area (Å²) in [5.74, 6) is 0.632. The highest BCUT2D eigenvalue weighted by molar-refractivity contribution is 6.00. The molecule has 1 saturated carbocycles. The molecule has 1 heterocycles. The van der Waals surface area contributed by atoms with Crippen molar-refractivity contribution < 1.29 is 33.3 Å². The molecule has 2 aliphatic rings. The standard InChI is InChI=1S/C28H42N2O7/c1-18(2)30(16-19-10-12-29(13-11-19)27(33)37-28(3,4)5)20-14-21(15-20)36-24-9-8-22(26(32)35-7)23(17-31)25(24)34-6/h8-9,17-21H,10-16H2,1-7H3. The first kappa shape index (κ1) is 28.8. The molecule has 9 nitrogen and oxygen atoms in total. The molecule has 9 heteroatoms. The predicted octanol–water partition coefficient (Wildman–Crippen LogP) is 4.56. The summed E-state index contributed by atoms with van der Waals surface area (Å²) in [7, 11) is 2.72. The number of carbonyl (C=O) groups excluding carboxylic acids is 3. The van der Waals surface area contributed by atoms with Gasteiger partial charge in [0.15, 0.2) is 17.8 Å². The molecular formula is C28H42N2O7. The number of aldehydes is 1. The van der Waals surface area contributed by atoms with Gasteiger partial charge < -0.3 is 23.8 Å². The number of piperidine rings is 1.